The average Bonchev–Trinajstić information content (AvgIpc) is 3.09. The molecule has 6 nitrogen and oxygen atoms in total. The molecule has 2 fully saturated rings. The predicted molar refractivity (Wildman–Crippen MR) is 113 cm³/mol. The molecule has 2 aliphatic rings. The maximum absolute atomic E-state index is 10.9. The first-order valence-electron chi connectivity index (χ1n) is 10.4. The molecule has 1 N–H and O–H groups in total. The van der Waals surface area contributed by atoms with Gasteiger partial charge in [0.2, 0.25) is 0 Å². The Labute approximate surface area is 175 Å². The third kappa shape index (κ3) is 5.28. The van der Waals surface area contributed by atoms with E-state index in [1.807, 2.05) is 44.2 Å². The van der Waals surface area contributed by atoms with Gasteiger partial charge in [-0.15, -0.1) is 0 Å². The average molecular weight is 425 g/mol. The van der Waals surface area contributed by atoms with Gasteiger partial charge in [0.1, 0.15) is 24.4 Å². The van der Waals surface area contributed by atoms with E-state index in [4.69, 9.17) is 23.4 Å². The summed E-state index contributed by atoms with van der Waals surface area (Å²) >= 11 is 0. The van der Waals surface area contributed by atoms with E-state index in [9.17, 15) is 5.11 Å². The molecule has 0 radical (unpaired) electrons. The molecule has 1 unspecified atom stereocenters. The molecule has 1 aromatic carbocycles. The van der Waals surface area contributed by atoms with Crippen LogP contribution in [0.4, 0.5) is 0 Å². The normalized spacial score (nSPS) is 30.3. The molecule has 3 rings (SSSR count). The molecule has 0 aliphatic carbocycles. The van der Waals surface area contributed by atoms with Gasteiger partial charge in [0.15, 0.2) is 20.4 Å². The first-order valence-corrected chi connectivity index (χ1v) is 13.3. The van der Waals surface area contributed by atoms with E-state index in [1.54, 1.807) is 0 Å². The van der Waals surface area contributed by atoms with Crippen molar-refractivity contribution in [1.82, 2.24) is 0 Å². The Morgan fingerprint density at radius 1 is 1.14 bits per heavy atom. The van der Waals surface area contributed by atoms with Gasteiger partial charge >= 0.3 is 0 Å². The first-order chi connectivity index (χ1) is 13.4. The van der Waals surface area contributed by atoms with Crippen LogP contribution in [0.2, 0.25) is 18.1 Å². The molecule has 1 aromatic rings. The van der Waals surface area contributed by atoms with Crippen LogP contribution in [0, 0.1) is 0 Å². The lowest BCUT2D eigenvalue weighted by molar-refractivity contribution is -0.231. The monoisotopic (exact) mass is 424 g/mol. The molecular weight excluding hydrogens is 388 g/mol. The maximum Gasteiger partial charge on any atom is 0.192 e. The van der Waals surface area contributed by atoms with Crippen molar-refractivity contribution < 1.29 is 28.5 Å². The summed E-state index contributed by atoms with van der Waals surface area (Å²) in [4.78, 5) is 0. The van der Waals surface area contributed by atoms with Crippen LogP contribution >= 0.6 is 0 Å². The Morgan fingerprint density at radius 2 is 1.79 bits per heavy atom. The molecule has 2 saturated heterocycles. The number of rotatable bonds is 7. The molecule has 7 heteroatoms. The Morgan fingerprint density at radius 3 is 2.41 bits per heavy atom. The topological polar surface area (TPSA) is 66.4 Å². The van der Waals surface area contributed by atoms with Crippen LogP contribution in [0.5, 0.6) is 0 Å². The predicted octanol–water partition coefficient (Wildman–Crippen LogP) is 3.83. The number of aliphatic hydroxyl groups excluding tert-OH is 1. The van der Waals surface area contributed by atoms with Gasteiger partial charge in [-0.1, -0.05) is 51.1 Å². The fourth-order valence-corrected chi connectivity index (χ4v) is 4.40. The summed E-state index contributed by atoms with van der Waals surface area (Å²) < 4.78 is 30.4. The zero-order chi connectivity index (χ0) is 21.4. The second-order valence-corrected chi connectivity index (χ2v) is 14.8. The minimum atomic E-state index is -1.98. The number of fused-ring (bicyclic) bond motifs is 1. The first kappa shape index (κ1) is 22.9. The van der Waals surface area contributed by atoms with E-state index in [0.717, 1.165) is 5.56 Å². The van der Waals surface area contributed by atoms with Gasteiger partial charge in [0.25, 0.3) is 0 Å². The molecule has 2 aliphatic heterocycles. The summed E-state index contributed by atoms with van der Waals surface area (Å²) in [5.74, 6) is -0.739. The fraction of sp³-hybridized carbons (Fsp3) is 0.727. The highest BCUT2D eigenvalue weighted by Crippen LogP contribution is 2.41. The van der Waals surface area contributed by atoms with Gasteiger partial charge in [0.05, 0.1) is 13.2 Å². The van der Waals surface area contributed by atoms with E-state index >= 15 is 0 Å². The molecular formula is C22H36O6Si. The second kappa shape index (κ2) is 8.38. The van der Waals surface area contributed by atoms with Crippen LogP contribution in [-0.2, 0) is 30.0 Å². The SMILES string of the molecule is CC1(C)O[C@H]2O[C@H](C(O)CO[Si](C)(C)C(C)(C)C)[C@H](OCc3ccccc3)[C@H]2O1. The lowest BCUT2D eigenvalue weighted by Crippen LogP contribution is -2.48. The molecule has 164 valence electrons. The summed E-state index contributed by atoms with van der Waals surface area (Å²) in [6.45, 7) is 15.2. The van der Waals surface area contributed by atoms with Gasteiger partial charge in [0, 0.05) is 0 Å². The highest BCUT2D eigenvalue weighted by atomic mass is 28.4. The summed E-state index contributed by atoms with van der Waals surface area (Å²) in [6.07, 6.45) is -2.79. The number of hydrogen-bond acceptors (Lipinski definition) is 6. The molecule has 0 amide bonds. The molecule has 29 heavy (non-hydrogen) atoms. The van der Waals surface area contributed by atoms with E-state index in [-0.39, 0.29) is 17.7 Å². The van der Waals surface area contributed by atoms with Crippen LogP contribution < -0.4 is 0 Å². The largest absolute Gasteiger partial charge is 0.414 e. The van der Waals surface area contributed by atoms with Crippen molar-refractivity contribution in [2.75, 3.05) is 6.61 Å². The van der Waals surface area contributed by atoms with Crippen molar-refractivity contribution in [2.45, 2.75) is 95.9 Å². The molecule has 0 bridgehead atoms. The maximum atomic E-state index is 10.9. The van der Waals surface area contributed by atoms with Crippen molar-refractivity contribution in [3.05, 3.63) is 35.9 Å². The van der Waals surface area contributed by atoms with E-state index in [2.05, 4.69) is 33.9 Å². The molecule has 5 atom stereocenters. The van der Waals surface area contributed by atoms with E-state index < -0.39 is 38.7 Å². The minimum absolute atomic E-state index is 0.0687. The van der Waals surface area contributed by atoms with Crippen molar-refractivity contribution >= 4 is 8.32 Å². The van der Waals surface area contributed by atoms with Gasteiger partial charge < -0.3 is 28.5 Å². The summed E-state index contributed by atoms with van der Waals surface area (Å²) in [5, 5.41) is 11.0. The summed E-state index contributed by atoms with van der Waals surface area (Å²) in [5.41, 5.74) is 1.06. The van der Waals surface area contributed by atoms with E-state index in [1.165, 1.54) is 0 Å². The molecule has 0 saturated carbocycles. The van der Waals surface area contributed by atoms with Gasteiger partial charge in [-0.2, -0.15) is 0 Å². The van der Waals surface area contributed by atoms with Crippen LogP contribution in [0.15, 0.2) is 30.3 Å². The van der Waals surface area contributed by atoms with Crippen molar-refractivity contribution in [3.8, 4) is 0 Å². The van der Waals surface area contributed by atoms with Gasteiger partial charge in [-0.05, 0) is 37.5 Å². The standard InChI is InChI=1S/C22H36O6Si/c1-21(2,3)29(6,7)25-14-16(23)17-18(24-13-15-11-9-8-10-12-15)19-20(26-17)28-22(4,5)27-19/h8-12,16-20,23H,13-14H2,1-7H3/t16?,17-,18+,19-,20-/m1/s1. The molecule has 2 heterocycles. The van der Waals surface area contributed by atoms with Crippen LogP contribution in [-0.4, -0.2) is 56.5 Å². The number of benzene rings is 1. The quantitative estimate of drug-likeness (QED) is 0.671. The smallest absolute Gasteiger partial charge is 0.192 e. The van der Waals surface area contributed by atoms with Gasteiger partial charge in [-0.3, -0.25) is 0 Å². The van der Waals surface area contributed by atoms with Crippen LogP contribution in [0.3, 0.4) is 0 Å². The number of hydrogen-bond donors (Lipinski definition) is 1. The summed E-state index contributed by atoms with van der Waals surface area (Å²) in [6, 6.07) is 9.94. The Hall–Kier alpha value is -0.803. The van der Waals surface area contributed by atoms with Crippen molar-refractivity contribution in [2.24, 2.45) is 0 Å². The highest BCUT2D eigenvalue weighted by molar-refractivity contribution is 6.74. The van der Waals surface area contributed by atoms with Crippen molar-refractivity contribution in [1.29, 1.82) is 0 Å². The Kier molecular flexibility index (Phi) is 6.61. The minimum Gasteiger partial charge on any atom is -0.414 e. The zero-order valence-corrected chi connectivity index (χ0v) is 19.7. The lowest BCUT2D eigenvalue weighted by atomic mass is 10.1. The van der Waals surface area contributed by atoms with Crippen LogP contribution in [0.25, 0.3) is 0 Å². The highest BCUT2D eigenvalue weighted by Gasteiger charge is 2.57. The number of aliphatic hydroxyl groups is 1. The molecule has 0 aromatic heterocycles. The Balaban J connectivity index is 1.68. The Bertz CT molecular complexity index is 672. The summed E-state index contributed by atoms with van der Waals surface area (Å²) in [7, 11) is -1.98. The third-order valence-electron chi connectivity index (χ3n) is 6.11. The van der Waals surface area contributed by atoms with Crippen LogP contribution in [0.1, 0.15) is 40.2 Å². The number of ether oxygens (including phenoxy) is 4. The van der Waals surface area contributed by atoms with Crippen molar-refractivity contribution in [3.63, 3.8) is 0 Å². The van der Waals surface area contributed by atoms with Gasteiger partial charge in [-0.25, -0.2) is 0 Å². The zero-order valence-electron chi connectivity index (χ0n) is 18.7. The van der Waals surface area contributed by atoms with E-state index in [0.29, 0.717) is 6.61 Å². The third-order valence-corrected chi connectivity index (χ3v) is 10.6. The lowest BCUT2D eigenvalue weighted by Gasteiger charge is -2.37. The second-order valence-electron chi connectivity index (χ2n) is 9.97. The molecule has 0 spiro atoms. The fourth-order valence-electron chi connectivity index (χ4n) is 3.38.